The summed E-state index contributed by atoms with van der Waals surface area (Å²) < 4.78 is 5.17. The predicted octanol–water partition coefficient (Wildman–Crippen LogP) is -0.286. The van der Waals surface area contributed by atoms with Gasteiger partial charge in [0.15, 0.2) is 6.10 Å². The number of carbonyl (C=O) groups is 2. The number of aliphatic hydroxyl groups is 1. The van der Waals surface area contributed by atoms with E-state index in [0.29, 0.717) is 19.8 Å². The topological polar surface area (TPSA) is 108 Å². The number of carbonyl (C=O) groups excluding carboxylic acids is 1. The van der Waals surface area contributed by atoms with Crippen LogP contribution in [0.1, 0.15) is 12.8 Å². The second-order valence-corrected chi connectivity index (χ2v) is 3.52. The molecule has 0 bridgehead atoms. The monoisotopic (exact) mass is 260 g/mol. The highest BCUT2D eigenvalue weighted by molar-refractivity contribution is 5.74. The highest BCUT2D eigenvalue weighted by atomic mass is 16.5. The Kier molecular flexibility index (Phi) is 9.61. The van der Waals surface area contributed by atoms with Crippen LogP contribution in [0.2, 0.25) is 0 Å². The first-order chi connectivity index (χ1) is 8.57. The second kappa shape index (κ2) is 10.5. The highest BCUT2D eigenvalue weighted by Crippen LogP contribution is 1.89. The number of carboxylic acids is 1. The van der Waals surface area contributed by atoms with Crippen molar-refractivity contribution in [3.8, 4) is 0 Å². The fraction of sp³-hybridized carbons (Fsp3) is 0.636. The van der Waals surface area contributed by atoms with E-state index in [1.165, 1.54) is 0 Å². The number of hydrogen-bond donors (Lipinski definition) is 4. The van der Waals surface area contributed by atoms with Crippen molar-refractivity contribution in [1.82, 2.24) is 10.6 Å². The minimum Gasteiger partial charge on any atom is -0.479 e. The van der Waals surface area contributed by atoms with Crippen LogP contribution in [0, 0.1) is 0 Å². The summed E-state index contributed by atoms with van der Waals surface area (Å²) in [4.78, 5) is 21.4. The maximum absolute atomic E-state index is 11.2. The van der Waals surface area contributed by atoms with Crippen LogP contribution in [0.5, 0.6) is 0 Å². The van der Waals surface area contributed by atoms with Crippen LogP contribution in [-0.2, 0) is 9.53 Å². The summed E-state index contributed by atoms with van der Waals surface area (Å²) in [5.41, 5.74) is 0. The van der Waals surface area contributed by atoms with Crippen molar-refractivity contribution >= 4 is 12.0 Å². The van der Waals surface area contributed by atoms with E-state index in [9.17, 15) is 9.59 Å². The Morgan fingerprint density at radius 3 is 2.56 bits per heavy atom. The van der Waals surface area contributed by atoms with Crippen molar-refractivity contribution in [2.24, 2.45) is 0 Å². The highest BCUT2D eigenvalue weighted by Gasteiger charge is 2.12. The molecule has 0 aromatic carbocycles. The smallest absolute Gasteiger partial charge is 0.332 e. The van der Waals surface area contributed by atoms with Crippen LogP contribution < -0.4 is 10.6 Å². The summed E-state index contributed by atoms with van der Waals surface area (Å²) in [6.07, 6.45) is 1.03. The molecule has 18 heavy (non-hydrogen) atoms. The van der Waals surface area contributed by atoms with Crippen molar-refractivity contribution in [3.63, 3.8) is 0 Å². The summed E-state index contributed by atoms with van der Waals surface area (Å²) in [7, 11) is 0. The van der Waals surface area contributed by atoms with Gasteiger partial charge in [0.05, 0.1) is 13.2 Å². The number of nitrogens with one attached hydrogen (secondary N) is 2. The van der Waals surface area contributed by atoms with Crippen molar-refractivity contribution < 1.29 is 24.5 Å². The quantitative estimate of drug-likeness (QED) is 0.319. The lowest BCUT2D eigenvalue weighted by molar-refractivity contribution is -0.146. The number of amides is 2. The largest absolute Gasteiger partial charge is 0.479 e. The molecule has 0 aliphatic carbocycles. The van der Waals surface area contributed by atoms with Crippen LogP contribution in [-0.4, -0.2) is 54.6 Å². The maximum Gasteiger partial charge on any atom is 0.332 e. The molecule has 0 heterocycles. The fourth-order valence-corrected chi connectivity index (χ4v) is 1.01. The molecule has 0 aromatic rings. The molecular formula is C11H20N2O5. The summed E-state index contributed by atoms with van der Waals surface area (Å²) in [5.74, 6) is -1.30. The van der Waals surface area contributed by atoms with Gasteiger partial charge in [0.25, 0.3) is 0 Å². The summed E-state index contributed by atoms with van der Waals surface area (Å²) in [6.45, 7) is 4.97. The van der Waals surface area contributed by atoms with Gasteiger partial charge in [-0.1, -0.05) is 6.08 Å². The molecule has 0 rings (SSSR count). The first-order valence-electron chi connectivity index (χ1n) is 5.69. The molecule has 0 saturated heterocycles. The Morgan fingerprint density at radius 1 is 1.28 bits per heavy atom. The molecule has 7 nitrogen and oxygen atoms in total. The second-order valence-electron chi connectivity index (χ2n) is 3.52. The molecule has 4 N–H and O–H groups in total. The van der Waals surface area contributed by atoms with Gasteiger partial charge in [0.2, 0.25) is 0 Å². The molecule has 0 spiro atoms. The van der Waals surface area contributed by atoms with E-state index >= 15 is 0 Å². The minimum atomic E-state index is -1.45. The van der Waals surface area contributed by atoms with E-state index in [1.54, 1.807) is 6.08 Å². The van der Waals surface area contributed by atoms with E-state index in [2.05, 4.69) is 17.2 Å². The molecule has 0 aliphatic rings. The number of urea groups is 1. The molecule has 1 unspecified atom stereocenters. The molecular weight excluding hydrogens is 240 g/mol. The van der Waals surface area contributed by atoms with Gasteiger partial charge in [-0.05, 0) is 6.42 Å². The molecule has 0 saturated carbocycles. The number of aliphatic hydroxyl groups excluding tert-OH is 1. The van der Waals surface area contributed by atoms with Gasteiger partial charge < -0.3 is 25.6 Å². The van der Waals surface area contributed by atoms with E-state index in [1.807, 2.05) is 0 Å². The standard InChI is InChI=1S/C11H20N2O5/c1-2-3-7-18-8-6-13-11(17)12-5-4-9(14)10(15)16/h2,9,14H,1,3-8H2,(H,15,16)(H2,12,13,17). The normalized spacial score (nSPS) is 11.6. The van der Waals surface area contributed by atoms with Crippen molar-refractivity contribution in [2.45, 2.75) is 18.9 Å². The van der Waals surface area contributed by atoms with E-state index in [-0.39, 0.29) is 13.0 Å². The molecule has 0 radical (unpaired) electrons. The maximum atomic E-state index is 11.2. The minimum absolute atomic E-state index is 0.0292. The zero-order valence-electron chi connectivity index (χ0n) is 10.2. The lowest BCUT2D eigenvalue weighted by atomic mass is 10.2. The number of ether oxygens (including phenoxy) is 1. The Labute approximate surface area is 106 Å². The van der Waals surface area contributed by atoms with Crippen LogP contribution in [0.25, 0.3) is 0 Å². The first-order valence-corrected chi connectivity index (χ1v) is 5.69. The average molecular weight is 260 g/mol. The zero-order valence-corrected chi connectivity index (χ0v) is 10.2. The van der Waals surface area contributed by atoms with Gasteiger partial charge in [-0.2, -0.15) is 0 Å². The molecule has 0 aliphatic heterocycles. The predicted molar refractivity (Wildman–Crippen MR) is 65.3 cm³/mol. The van der Waals surface area contributed by atoms with Crippen molar-refractivity contribution in [3.05, 3.63) is 12.7 Å². The lowest BCUT2D eigenvalue weighted by Crippen LogP contribution is -2.39. The van der Waals surface area contributed by atoms with Gasteiger partial charge in [-0.25, -0.2) is 9.59 Å². The number of hydrogen-bond acceptors (Lipinski definition) is 4. The van der Waals surface area contributed by atoms with E-state index in [4.69, 9.17) is 14.9 Å². The van der Waals surface area contributed by atoms with Gasteiger partial charge in [0.1, 0.15) is 0 Å². The zero-order chi connectivity index (χ0) is 13.8. The molecule has 0 fully saturated rings. The Bertz CT molecular complexity index is 270. The van der Waals surface area contributed by atoms with Crippen molar-refractivity contribution in [2.75, 3.05) is 26.3 Å². The fourth-order valence-electron chi connectivity index (χ4n) is 1.01. The van der Waals surface area contributed by atoms with Crippen LogP contribution in [0.15, 0.2) is 12.7 Å². The summed E-state index contributed by atoms with van der Waals surface area (Å²) in [5, 5.41) is 22.3. The summed E-state index contributed by atoms with van der Waals surface area (Å²) >= 11 is 0. The van der Waals surface area contributed by atoms with Gasteiger partial charge >= 0.3 is 12.0 Å². The molecule has 2 amide bonds. The number of rotatable bonds is 10. The Morgan fingerprint density at radius 2 is 1.94 bits per heavy atom. The molecule has 104 valence electrons. The molecule has 0 aromatic heterocycles. The van der Waals surface area contributed by atoms with Crippen molar-refractivity contribution in [1.29, 1.82) is 0 Å². The van der Waals surface area contributed by atoms with Gasteiger partial charge in [-0.3, -0.25) is 0 Å². The third kappa shape index (κ3) is 9.61. The molecule has 7 heteroatoms. The van der Waals surface area contributed by atoms with Crippen LogP contribution >= 0.6 is 0 Å². The first kappa shape index (κ1) is 16.4. The average Bonchev–Trinajstić information content (AvgIpc) is 2.33. The van der Waals surface area contributed by atoms with Crippen LogP contribution in [0.3, 0.4) is 0 Å². The van der Waals surface area contributed by atoms with E-state index in [0.717, 1.165) is 6.42 Å². The van der Waals surface area contributed by atoms with Crippen LogP contribution in [0.4, 0.5) is 4.79 Å². The Balaban J connectivity index is 3.37. The third-order valence-electron chi connectivity index (χ3n) is 1.99. The molecule has 1 atom stereocenters. The summed E-state index contributed by atoms with van der Waals surface area (Å²) in [6, 6.07) is -0.417. The van der Waals surface area contributed by atoms with E-state index < -0.39 is 18.1 Å². The lowest BCUT2D eigenvalue weighted by Gasteiger charge is -2.09. The number of carboxylic acid groups (broad SMARTS) is 1. The Hall–Kier alpha value is -1.60. The van der Waals surface area contributed by atoms with Gasteiger partial charge in [-0.15, -0.1) is 6.58 Å². The SMILES string of the molecule is C=CCCOCCNC(=O)NCCC(O)C(=O)O. The third-order valence-corrected chi connectivity index (χ3v) is 1.99. The van der Waals surface area contributed by atoms with Gasteiger partial charge in [0, 0.05) is 19.5 Å². The number of aliphatic carboxylic acids is 1.